The maximum absolute atomic E-state index is 10.8. The molecule has 2 N–H and O–H groups in total. The summed E-state index contributed by atoms with van der Waals surface area (Å²) in [7, 11) is -8.81. The minimum atomic E-state index is -4.92. The highest BCUT2D eigenvalue weighted by Crippen LogP contribution is 2.04. The van der Waals surface area contributed by atoms with E-state index in [9.17, 15) is 8.42 Å². The van der Waals surface area contributed by atoms with Crippen LogP contribution in [0.5, 0.6) is 0 Å². The third-order valence-corrected chi connectivity index (χ3v) is 3.78. The lowest BCUT2D eigenvalue weighted by molar-refractivity contribution is -0.696. The molecule has 0 amide bonds. The molecule has 0 aliphatic heterocycles. The van der Waals surface area contributed by atoms with Gasteiger partial charge in [-0.3, -0.25) is 9.11 Å². The molecule has 0 aliphatic carbocycles. The van der Waals surface area contributed by atoms with E-state index in [2.05, 4.69) is 11.5 Å². The maximum atomic E-state index is 10.8. The highest BCUT2D eigenvalue weighted by Gasteiger charge is 2.18. The van der Waals surface area contributed by atoms with Gasteiger partial charge in [-0.1, -0.05) is 6.92 Å². The van der Waals surface area contributed by atoms with Crippen LogP contribution in [0.25, 0.3) is 0 Å². The molecule has 0 saturated heterocycles. The summed E-state index contributed by atoms with van der Waals surface area (Å²) >= 11 is 0. The number of rotatable bonds is 6. The summed E-state index contributed by atoms with van der Waals surface area (Å²) in [6.07, 6.45) is 7.30. The molecule has 1 aromatic heterocycles. The first-order chi connectivity index (χ1) is 9.43. The second-order valence-electron chi connectivity index (χ2n) is 4.43. The van der Waals surface area contributed by atoms with Crippen molar-refractivity contribution in [3.05, 3.63) is 18.7 Å². The van der Waals surface area contributed by atoms with Gasteiger partial charge in [0, 0.05) is 6.42 Å². The number of aryl methyl sites for hydroxylation is 2. The topological polar surface area (TPSA) is 141 Å². The molecule has 9 nitrogen and oxygen atoms in total. The van der Waals surface area contributed by atoms with Crippen molar-refractivity contribution in [2.24, 2.45) is 0 Å². The van der Waals surface area contributed by atoms with Gasteiger partial charge in [-0.25, -0.2) is 17.6 Å². The zero-order chi connectivity index (χ0) is 16.7. The molecule has 0 spiro atoms. The smallest absolute Gasteiger partial charge is 0.267 e. The molecule has 0 aromatic carbocycles. The third-order valence-electron chi connectivity index (χ3n) is 2.53. The summed E-state index contributed by atoms with van der Waals surface area (Å²) in [4.78, 5) is 0. The molecule has 124 valence electrons. The second-order valence-corrected chi connectivity index (χ2v) is 7.12. The Balaban J connectivity index is 0.000000690. The number of hydrogen-bond acceptors (Lipinski definition) is 5. The minimum absolute atomic E-state index is 0.416. The van der Waals surface area contributed by atoms with Crippen molar-refractivity contribution in [3.63, 3.8) is 0 Å². The summed E-state index contributed by atoms with van der Waals surface area (Å²) in [6.45, 7) is 5.17. The van der Waals surface area contributed by atoms with Gasteiger partial charge in [-0.05, 0) is 13.3 Å². The van der Waals surface area contributed by atoms with E-state index in [-0.39, 0.29) is 0 Å². The Morgan fingerprint density at radius 3 is 2.24 bits per heavy atom. The molecular weight excluding hydrogens is 324 g/mol. The first kappa shape index (κ1) is 20.0. The number of nitrogens with zero attached hydrogens (tertiary/aromatic N) is 2. The Bertz CT molecular complexity index is 614. The molecule has 1 heterocycles. The van der Waals surface area contributed by atoms with Crippen molar-refractivity contribution in [1.29, 1.82) is 0 Å². The van der Waals surface area contributed by atoms with Gasteiger partial charge in [-0.2, -0.15) is 8.42 Å². The lowest BCUT2D eigenvalue weighted by atomic mass is 10.3. The van der Waals surface area contributed by atoms with E-state index >= 15 is 0 Å². The maximum Gasteiger partial charge on any atom is 0.267 e. The van der Waals surface area contributed by atoms with E-state index in [1.54, 1.807) is 0 Å². The molecule has 11 heteroatoms. The summed E-state index contributed by atoms with van der Waals surface area (Å²) < 4.78 is 67.2. The van der Waals surface area contributed by atoms with Gasteiger partial charge in [0.25, 0.3) is 10.1 Å². The van der Waals surface area contributed by atoms with Gasteiger partial charge >= 0.3 is 0 Å². The van der Waals surface area contributed by atoms with E-state index in [1.807, 2.05) is 23.3 Å². The molecule has 1 rings (SSSR count). The fraction of sp³-hybridized carbons (Fsp3) is 0.700. The van der Waals surface area contributed by atoms with Gasteiger partial charge in [0.15, 0.2) is 0 Å². The molecule has 1 atom stereocenters. The SMILES string of the molecule is CCC[n+]1ccn(CCC(C)S(=O)(=O)O)c1.O=S(=O)([O-])O. The molecular formula is C10H20N2O7S2. The van der Waals surface area contributed by atoms with Crippen LogP contribution >= 0.6 is 0 Å². The number of imidazole rings is 1. The molecule has 21 heavy (non-hydrogen) atoms. The average molecular weight is 344 g/mol. The minimum Gasteiger partial charge on any atom is -0.726 e. The Morgan fingerprint density at radius 1 is 1.29 bits per heavy atom. The fourth-order valence-corrected chi connectivity index (χ4v) is 1.84. The van der Waals surface area contributed by atoms with Crippen LogP contribution in [0.3, 0.4) is 0 Å². The van der Waals surface area contributed by atoms with E-state index in [0.717, 1.165) is 13.0 Å². The zero-order valence-electron chi connectivity index (χ0n) is 11.8. The summed E-state index contributed by atoms with van der Waals surface area (Å²) in [6, 6.07) is 0. The molecule has 0 fully saturated rings. The molecule has 0 bridgehead atoms. The van der Waals surface area contributed by atoms with Crippen molar-refractivity contribution in [2.75, 3.05) is 0 Å². The fourth-order valence-electron chi connectivity index (χ4n) is 1.44. The zero-order valence-corrected chi connectivity index (χ0v) is 13.4. The van der Waals surface area contributed by atoms with Crippen LogP contribution in [-0.4, -0.2) is 40.3 Å². The van der Waals surface area contributed by atoms with Crippen LogP contribution in [0.4, 0.5) is 0 Å². The average Bonchev–Trinajstić information content (AvgIpc) is 2.70. The molecule has 1 unspecified atom stereocenters. The summed E-state index contributed by atoms with van der Waals surface area (Å²) in [5.41, 5.74) is 0. The van der Waals surface area contributed by atoms with Crippen LogP contribution in [0, 0.1) is 0 Å². The molecule has 1 aromatic rings. The molecule has 0 saturated carbocycles. The van der Waals surface area contributed by atoms with Crippen LogP contribution < -0.4 is 4.57 Å². The van der Waals surface area contributed by atoms with Crippen LogP contribution in [0.2, 0.25) is 0 Å². The Hall–Kier alpha value is -1.01. The highest BCUT2D eigenvalue weighted by molar-refractivity contribution is 7.86. The quantitative estimate of drug-likeness (QED) is 0.415. The lowest BCUT2D eigenvalue weighted by Crippen LogP contribution is -2.30. The summed E-state index contributed by atoms with van der Waals surface area (Å²) in [5, 5.41) is -0.713. The molecule has 0 radical (unpaired) electrons. The number of hydrogen-bond donors (Lipinski definition) is 2. The predicted octanol–water partition coefficient (Wildman–Crippen LogP) is -0.143. The molecule has 0 aliphatic rings. The van der Waals surface area contributed by atoms with E-state index in [0.29, 0.717) is 13.0 Å². The van der Waals surface area contributed by atoms with Crippen molar-refractivity contribution in [1.82, 2.24) is 4.57 Å². The normalized spacial score (nSPS) is 13.4. The second kappa shape index (κ2) is 8.44. The van der Waals surface area contributed by atoms with Gasteiger partial charge < -0.3 is 4.55 Å². The van der Waals surface area contributed by atoms with Gasteiger partial charge in [0.1, 0.15) is 12.4 Å². The van der Waals surface area contributed by atoms with E-state index < -0.39 is 25.8 Å². The summed E-state index contributed by atoms with van der Waals surface area (Å²) in [5.74, 6) is 0. The highest BCUT2D eigenvalue weighted by atomic mass is 32.3. The van der Waals surface area contributed by atoms with Crippen molar-refractivity contribution in [2.45, 2.75) is 45.0 Å². The monoisotopic (exact) mass is 344 g/mol. The van der Waals surface area contributed by atoms with Crippen molar-refractivity contribution >= 4 is 20.5 Å². The predicted molar refractivity (Wildman–Crippen MR) is 72.9 cm³/mol. The van der Waals surface area contributed by atoms with Crippen LogP contribution in [0.15, 0.2) is 18.7 Å². The van der Waals surface area contributed by atoms with Crippen LogP contribution in [0.1, 0.15) is 26.7 Å². The van der Waals surface area contributed by atoms with Crippen LogP contribution in [-0.2, 0) is 33.6 Å². The lowest BCUT2D eigenvalue weighted by Gasteiger charge is -2.05. The van der Waals surface area contributed by atoms with Gasteiger partial charge in [-0.15, -0.1) is 0 Å². The third kappa shape index (κ3) is 11.3. The van der Waals surface area contributed by atoms with Gasteiger partial charge in [0.05, 0.1) is 18.3 Å². The Morgan fingerprint density at radius 2 is 1.81 bits per heavy atom. The Labute approximate surface area is 124 Å². The van der Waals surface area contributed by atoms with Gasteiger partial charge in [0.2, 0.25) is 16.7 Å². The van der Waals surface area contributed by atoms with E-state index in [4.69, 9.17) is 22.1 Å². The van der Waals surface area contributed by atoms with Crippen molar-refractivity contribution in [3.8, 4) is 0 Å². The number of aromatic nitrogens is 2. The first-order valence-electron chi connectivity index (χ1n) is 6.13. The van der Waals surface area contributed by atoms with E-state index in [1.165, 1.54) is 6.92 Å². The first-order valence-corrected chi connectivity index (χ1v) is 8.99. The largest absolute Gasteiger partial charge is 0.726 e. The standard InChI is InChI=1S/C10H18N2O3S.H2O4S/c1-3-5-11-7-8-12(9-11)6-4-10(2)16(13,14)15;1-5(2,3)4/h7-10H,3-6H2,1-2H3;(H2,1,2,3,4). The van der Waals surface area contributed by atoms with Crippen molar-refractivity contribution < 1.29 is 35.1 Å². The Kier molecular flexibility index (Phi) is 8.03.